The van der Waals surface area contributed by atoms with Crippen molar-refractivity contribution in [2.75, 3.05) is 19.8 Å². The molecule has 0 bridgehead atoms. The summed E-state index contributed by atoms with van der Waals surface area (Å²) in [4.78, 5) is 23.5. The first kappa shape index (κ1) is 14.4. The Kier molecular flexibility index (Phi) is 4.31. The first-order valence-corrected chi connectivity index (χ1v) is 6.28. The molecular weight excluding hydrogens is 264 g/mol. The van der Waals surface area contributed by atoms with Crippen LogP contribution >= 0.6 is 0 Å². The fourth-order valence-corrected chi connectivity index (χ4v) is 2.31. The number of nitro benzene ring substituents is 1. The Morgan fingerprint density at radius 2 is 2.35 bits per heavy atom. The second kappa shape index (κ2) is 5.98. The molecule has 7 heteroatoms. The number of rotatable bonds is 4. The Balaban J connectivity index is 2.22. The van der Waals surface area contributed by atoms with Crippen LogP contribution in [-0.2, 0) is 16.1 Å². The summed E-state index contributed by atoms with van der Waals surface area (Å²) in [7, 11) is 0. The standard InChI is InChI=1S/C13H16N2O5/c1-9-10(3-2-4-11(9)15(18)19)7-14-5-6-20-8-12(14)13(16)17/h2-4,12H,5-8H2,1H3,(H,16,17). The molecule has 20 heavy (non-hydrogen) atoms. The number of aliphatic carboxylic acids is 1. The van der Waals surface area contributed by atoms with Crippen molar-refractivity contribution >= 4 is 11.7 Å². The number of nitrogens with zero attached hydrogens (tertiary/aromatic N) is 2. The van der Waals surface area contributed by atoms with Crippen molar-refractivity contribution < 1.29 is 19.6 Å². The highest BCUT2D eigenvalue weighted by atomic mass is 16.6. The minimum Gasteiger partial charge on any atom is -0.480 e. The minimum atomic E-state index is -0.937. The monoisotopic (exact) mass is 280 g/mol. The molecule has 1 atom stereocenters. The van der Waals surface area contributed by atoms with E-state index in [-0.39, 0.29) is 12.3 Å². The van der Waals surface area contributed by atoms with Crippen LogP contribution in [0.5, 0.6) is 0 Å². The van der Waals surface area contributed by atoms with Gasteiger partial charge in [0, 0.05) is 24.7 Å². The molecule has 1 heterocycles. The third kappa shape index (κ3) is 2.94. The lowest BCUT2D eigenvalue weighted by atomic mass is 10.1. The molecule has 7 nitrogen and oxygen atoms in total. The zero-order valence-corrected chi connectivity index (χ0v) is 11.1. The van der Waals surface area contributed by atoms with Gasteiger partial charge in [0.25, 0.3) is 5.69 Å². The number of carbonyl (C=O) groups is 1. The zero-order valence-electron chi connectivity index (χ0n) is 11.1. The van der Waals surface area contributed by atoms with Crippen LogP contribution in [0.3, 0.4) is 0 Å². The molecule has 1 aliphatic heterocycles. The molecule has 1 aliphatic rings. The van der Waals surface area contributed by atoms with Crippen LogP contribution < -0.4 is 0 Å². The highest BCUT2D eigenvalue weighted by Gasteiger charge is 2.29. The number of carboxylic acids is 1. The molecule has 108 valence electrons. The van der Waals surface area contributed by atoms with Gasteiger partial charge in [-0.3, -0.25) is 19.8 Å². The van der Waals surface area contributed by atoms with E-state index in [9.17, 15) is 14.9 Å². The second-order valence-corrected chi connectivity index (χ2v) is 4.72. The van der Waals surface area contributed by atoms with Crippen molar-refractivity contribution in [1.29, 1.82) is 0 Å². The summed E-state index contributed by atoms with van der Waals surface area (Å²) in [6.07, 6.45) is 0. The Bertz CT molecular complexity index is 531. The maximum atomic E-state index is 11.2. The molecular formula is C13H16N2O5. The third-order valence-electron chi connectivity index (χ3n) is 3.51. The van der Waals surface area contributed by atoms with Gasteiger partial charge in [-0.2, -0.15) is 0 Å². The average molecular weight is 280 g/mol. The third-order valence-corrected chi connectivity index (χ3v) is 3.51. The summed E-state index contributed by atoms with van der Waals surface area (Å²) in [5.74, 6) is -0.937. The highest BCUT2D eigenvalue weighted by molar-refractivity contribution is 5.73. The summed E-state index contributed by atoms with van der Waals surface area (Å²) in [5, 5.41) is 20.1. The Morgan fingerprint density at radius 1 is 1.60 bits per heavy atom. The lowest BCUT2D eigenvalue weighted by Gasteiger charge is -2.33. The van der Waals surface area contributed by atoms with E-state index < -0.39 is 16.9 Å². The minimum absolute atomic E-state index is 0.0580. The number of ether oxygens (including phenoxy) is 1. The lowest BCUT2D eigenvalue weighted by molar-refractivity contribution is -0.385. The molecule has 0 radical (unpaired) electrons. The van der Waals surface area contributed by atoms with E-state index in [2.05, 4.69) is 0 Å². The molecule has 2 rings (SSSR count). The summed E-state index contributed by atoms with van der Waals surface area (Å²) in [6, 6.07) is 4.16. The van der Waals surface area contributed by atoms with Crippen molar-refractivity contribution in [3.63, 3.8) is 0 Å². The van der Waals surface area contributed by atoms with E-state index in [1.807, 2.05) is 0 Å². The summed E-state index contributed by atoms with van der Waals surface area (Å²) >= 11 is 0. The van der Waals surface area contributed by atoms with E-state index in [4.69, 9.17) is 9.84 Å². The van der Waals surface area contributed by atoms with Crippen LogP contribution in [-0.4, -0.2) is 46.7 Å². The van der Waals surface area contributed by atoms with Crippen molar-refractivity contribution in [2.45, 2.75) is 19.5 Å². The quantitative estimate of drug-likeness (QED) is 0.657. The SMILES string of the molecule is Cc1c(CN2CCOCC2C(=O)O)cccc1[N+](=O)[O-]. The Labute approximate surface area is 115 Å². The molecule has 1 aromatic rings. The Hall–Kier alpha value is -1.99. The molecule has 1 aromatic carbocycles. The van der Waals surface area contributed by atoms with E-state index in [1.54, 1.807) is 24.0 Å². The van der Waals surface area contributed by atoms with E-state index in [1.165, 1.54) is 6.07 Å². The normalized spacial score (nSPS) is 19.8. The zero-order chi connectivity index (χ0) is 14.7. The predicted molar refractivity (Wildman–Crippen MR) is 70.5 cm³/mol. The summed E-state index contributed by atoms with van der Waals surface area (Å²) in [6.45, 7) is 3.16. The predicted octanol–water partition coefficient (Wildman–Crippen LogP) is 1.19. The number of carboxylic acid groups (broad SMARTS) is 1. The maximum Gasteiger partial charge on any atom is 0.323 e. The van der Waals surface area contributed by atoms with Gasteiger partial charge in [-0.1, -0.05) is 12.1 Å². The topological polar surface area (TPSA) is 92.9 Å². The van der Waals surface area contributed by atoms with E-state index >= 15 is 0 Å². The number of benzene rings is 1. The van der Waals surface area contributed by atoms with Gasteiger partial charge in [-0.15, -0.1) is 0 Å². The van der Waals surface area contributed by atoms with Gasteiger partial charge in [0.05, 0.1) is 18.1 Å². The van der Waals surface area contributed by atoms with E-state index in [0.717, 1.165) is 5.56 Å². The Morgan fingerprint density at radius 3 is 3.00 bits per heavy atom. The second-order valence-electron chi connectivity index (χ2n) is 4.72. The molecule has 0 spiro atoms. The molecule has 1 saturated heterocycles. The first-order valence-electron chi connectivity index (χ1n) is 6.28. The largest absolute Gasteiger partial charge is 0.480 e. The van der Waals surface area contributed by atoms with Crippen molar-refractivity contribution in [3.05, 3.63) is 39.4 Å². The summed E-state index contributed by atoms with van der Waals surface area (Å²) < 4.78 is 5.17. The number of hydrogen-bond acceptors (Lipinski definition) is 5. The molecule has 0 amide bonds. The van der Waals surface area contributed by atoms with Gasteiger partial charge >= 0.3 is 5.97 Å². The average Bonchev–Trinajstić information content (AvgIpc) is 2.41. The molecule has 1 unspecified atom stereocenters. The van der Waals surface area contributed by atoms with Crippen LogP contribution in [0, 0.1) is 17.0 Å². The molecule has 1 fully saturated rings. The summed E-state index contributed by atoms with van der Waals surface area (Å²) in [5.41, 5.74) is 1.41. The van der Waals surface area contributed by atoms with Gasteiger partial charge in [0.15, 0.2) is 0 Å². The smallest absolute Gasteiger partial charge is 0.323 e. The van der Waals surface area contributed by atoms with Crippen LogP contribution in [0.25, 0.3) is 0 Å². The van der Waals surface area contributed by atoms with Gasteiger partial charge in [-0.05, 0) is 12.5 Å². The molecule has 0 aliphatic carbocycles. The first-order chi connectivity index (χ1) is 9.50. The van der Waals surface area contributed by atoms with Crippen LogP contribution in [0.4, 0.5) is 5.69 Å². The van der Waals surface area contributed by atoms with Crippen molar-refractivity contribution in [3.8, 4) is 0 Å². The van der Waals surface area contributed by atoms with Gasteiger partial charge in [0.2, 0.25) is 0 Å². The molecule has 0 saturated carbocycles. The van der Waals surface area contributed by atoms with Crippen molar-refractivity contribution in [1.82, 2.24) is 4.90 Å². The van der Waals surface area contributed by atoms with E-state index in [0.29, 0.717) is 25.3 Å². The van der Waals surface area contributed by atoms with Crippen LogP contribution in [0.1, 0.15) is 11.1 Å². The van der Waals surface area contributed by atoms with Crippen LogP contribution in [0.2, 0.25) is 0 Å². The van der Waals surface area contributed by atoms with Crippen molar-refractivity contribution in [2.24, 2.45) is 0 Å². The van der Waals surface area contributed by atoms with Gasteiger partial charge < -0.3 is 9.84 Å². The molecule has 1 N–H and O–H groups in total. The number of morpholine rings is 1. The van der Waals surface area contributed by atoms with Gasteiger partial charge in [0.1, 0.15) is 6.04 Å². The lowest BCUT2D eigenvalue weighted by Crippen LogP contribution is -2.49. The fraction of sp³-hybridized carbons (Fsp3) is 0.462. The number of nitro groups is 1. The highest BCUT2D eigenvalue weighted by Crippen LogP contribution is 2.23. The maximum absolute atomic E-state index is 11.2. The number of hydrogen-bond donors (Lipinski definition) is 1. The van der Waals surface area contributed by atoms with Crippen LogP contribution in [0.15, 0.2) is 18.2 Å². The fourth-order valence-electron chi connectivity index (χ4n) is 2.31. The van der Waals surface area contributed by atoms with Gasteiger partial charge in [-0.25, -0.2) is 0 Å². The molecule has 0 aromatic heterocycles.